The Bertz CT molecular complexity index is 859. The minimum Gasteiger partial charge on any atom is -0.453 e. The number of benzene rings is 1. The molecule has 9 heteroatoms. The highest BCUT2D eigenvalue weighted by Gasteiger charge is 2.26. The van der Waals surface area contributed by atoms with Crippen LogP contribution in [-0.4, -0.2) is 57.0 Å². The summed E-state index contributed by atoms with van der Waals surface area (Å²) < 4.78 is 37.0. The molecule has 1 aliphatic carbocycles. The quantitative estimate of drug-likeness (QED) is 0.532. The zero-order valence-electron chi connectivity index (χ0n) is 16.4. The molecule has 0 saturated carbocycles. The summed E-state index contributed by atoms with van der Waals surface area (Å²) in [6.07, 6.45) is 5.25. The third kappa shape index (κ3) is 5.65. The molecule has 2 atom stereocenters. The van der Waals surface area contributed by atoms with E-state index in [1.807, 2.05) is 12.2 Å². The number of nitrogens with zero attached hydrogens (tertiary/aromatic N) is 1. The first-order valence-electron chi connectivity index (χ1n) is 9.71. The zero-order valence-corrected chi connectivity index (χ0v) is 17.2. The van der Waals surface area contributed by atoms with E-state index in [2.05, 4.69) is 5.32 Å². The van der Waals surface area contributed by atoms with E-state index < -0.39 is 28.0 Å². The van der Waals surface area contributed by atoms with Gasteiger partial charge in [-0.15, -0.1) is 0 Å². The lowest BCUT2D eigenvalue weighted by Gasteiger charge is -2.26. The molecule has 3 rings (SSSR count). The van der Waals surface area contributed by atoms with Crippen LogP contribution < -0.4 is 5.32 Å². The minimum absolute atomic E-state index is 0.154. The number of hydrogen-bond donors (Lipinski definition) is 1. The number of carbonyl (C=O) groups excluding carboxylic acids is 2. The van der Waals surface area contributed by atoms with Gasteiger partial charge in [0.15, 0.2) is 6.10 Å². The Morgan fingerprint density at radius 2 is 1.93 bits per heavy atom. The number of hydrogen-bond acceptors (Lipinski definition) is 6. The molecule has 0 bridgehead atoms. The Morgan fingerprint density at radius 3 is 2.55 bits per heavy atom. The minimum atomic E-state index is -3.59. The van der Waals surface area contributed by atoms with Crippen LogP contribution >= 0.6 is 0 Å². The van der Waals surface area contributed by atoms with Gasteiger partial charge in [0.2, 0.25) is 10.0 Å². The second-order valence-corrected chi connectivity index (χ2v) is 9.07. The van der Waals surface area contributed by atoms with Gasteiger partial charge >= 0.3 is 5.97 Å². The Hall–Kier alpha value is -2.23. The molecule has 1 saturated heterocycles. The molecular weight excluding hydrogens is 396 g/mol. The lowest BCUT2D eigenvalue weighted by atomic mass is 10.1. The highest BCUT2D eigenvalue weighted by Crippen LogP contribution is 2.22. The number of rotatable bonds is 7. The molecule has 1 amide bonds. The Labute approximate surface area is 170 Å². The topological polar surface area (TPSA) is 102 Å². The van der Waals surface area contributed by atoms with Crippen LogP contribution in [0.2, 0.25) is 0 Å². The number of sulfonamides is 1. The molecule has 158 valence electrons. The van der Waals surface area contributed by atoms with Gasteiger partial charge in [0.05, 0.1) is 24.5 Å². The maximum absolute atomic E-state index is 12.6. The monoisotopic (exact) mass is 422 g/mol. The fourth-order valence-electron chi connectivity index (χ4n) is 3.27. The van der Waals surface area contributed by atoms with Crippen molar-refractivity contribution in [3.63, 3.8) is 0 Å². The van der Waals surface area contributed by atoms with E-state index in [9.17, 15) is 18.0 Å². The first kappa shape index (κ1) is 21.5. The largest absolute Gasteiger partial charge is 0.453 e. The van der Waals surface area contributed by atoms with E-state index in [1.165, 1.54) is 35.5 Å². The molecule has 29 heavy (non-hydrogen) atoms. The number of ether oxygens (including phenoxy) is 2. The fourth-order valence-corrected chi connectivity index (χ4v) is 4.68. The van der Waals surface area contributed by atoms with Crippen molar-refractivity contribution in [2.45, 2.75) is 37.2 Å². The van der Waals surface area contributed by atoms with Gasteiger partial charge in [-0.1, -0.05) is 12.2 Å². The van der Waals surface area contributed by atoms with Crippen molar-refractivity contribution in [1.82, 2.24) is 4.31 Å². The molecule has 1 aromatic carbocycles. The number of amides is 1. The van der Waals surface area contributed by atoms with Crippen LogP contribution in [0.25, 0.3) is 0 Å². The van der Waals surface area contributed by atoms with Crippen molar-refractivity contribution in [3.8, 4) is 0 Å². The second-order valence-electron chi connectivity index (χ2n) is 7.13. The van der Waals surface area contributed by atoms with Gasteiger partial charge in [0.25, 0.3) is 5.91 Å². The third-order valence-electron chi connectivity index (χ3n) is 4.95. The van der Waals surface area contributed by atoms with Crippen LogP contribution in [0.15, 0.2) is 41.3 Å². The van der Waals surface area contributed by atoms with Gasteiger partial charge in [0.1, 0.15) is 0 Å². The molecular formula is C20H26N2O6S. The molecule has 1 aromatic rings. The molecule has 0 aromatic heterocycles. The molecule has 0 spiro atoms. The standard InChI is InChI=1S/C20H26N2O6S/c1-15(28-19(23)14-16-4-2-3-5-16)20(24)21-17-6-8-18(9-7-17)29(25,26)22-10-12-27-13-11-22/h2,4,6-9,15-16H,3,5,10-14H2,1H3,(H,21,24). The van der Waals surface area contributed by atoms with Crippen molar-refractivity contribution in [2.75, 3.05) is 31.6 Å². The summed E-state index contributed by atoms with van der Waals surface area (Å²) in [4.78, 5) is 24.4. The third-order valence-corrected chi connectivity index (χ3v) is 6.86. The molecule has 0 radical (unpaired) electrons. The molecule has 1 aliphatic heterocycles. The van der Waals surface area contributed by atoms with Crippen molar-refractivity contribution in [1.29, 1.82) is 0 Å². The lowest BCUT2D eigenvalue weighted by Crippen LogP contribution is -2.40. The SMILES string of the molecule is CC(OC(=O)CC1C=CCC1)C(=O)Nc1ccc(S(=O)(=O)N2CCOCC2)cc1. The van der Waals surface area contributed by atoms with Crippen LogP contribution in [0.4, 0.5) is 5.69 Å². The van der Waals surface area contributed by atoms with Gasteiger partial charge in [-0.2, -0.15) is 4.31 Å². The predicted molar refractivity (Wildman–Crippen MR) is 107 cm³/mol. The maximum atomic E-state index is 12.6. The average molecular weight is 423 g/mol. The molecule has 2 aliphatic rings. The highest BCUT2D eigenvalue weighted by atomic mass is 32.2. The molecule has 1 fully saturated rings. The van der Waals surface area contributed by atoms with Crippen molar-refractivity contribution < 1.29 is 27.5 Å². The van der Waals surface area contributed by atoms with Gasteiger partial charge in [-0.05, 0) is 49.9 Å². The summed E-state index contributed by atoms with van der Waals surface area (Å²) in [5.74, 6) is -0.695. The smallest absolute Gasteiger partial charge is 0.307 e. The fraction of sp³-hybridized carbons (Fsp3) is 0.500. The van der Waals surface area contributed by atoms with Crippen LogP contribution in [0.5, 0.6) is 0 Å². The van der Waals surface area contributed by atoms with Crippen LogP contribution in [0.1, 0.15) is 26.2 Å². The number of esters is 1. The molecule has 8 nitrogen and oxygen atoms in total. The highest BCUT2D eigenvalue weighted by molar-refractivity contribution is 7.89. The van der Waals surface area contributed by atoms with E-state index in [0.717, 1.165) is 12.8 Å². The van der Waals surface area contributed by atoms with Gasteiger partial charge in [-0.25, -0.2) is 8.42 Å². The van der Waals surface area contributed by atoms with Gasteiger partial charge in [0, 0.05) is 18.8 Å². The van der Waals surface area contributed by atoms with E-state index in [4.69, 9.17) is 9.47 Å². The average Bonchev–Trinajstić information content (AvgIpc) is 3.22. The van der Waals surface area contributed by atoms with Crippen LogP contribution in [0.3, 0.4) is 0 Å². The summed E-state index contributed by atoms with van der Waals surface area (Å²) in [6.45, 7) is 2.90. The number of morpholine rings is 1. The van der Waals surface area contributed by atoms with Gasteiger partial charge in [-0.3, -0.25) is 9.59 Å². The molecule has 1 N–H and O–H groups in total. The van der Waals surface area contributed by atoms with E-state index >= 15 is 0 Å². The first-order valence-corrected chi connectivity index (χ1v) is 11.2. The summed E-state index contributed by atoms with van der Waals surface area (Å²) in [5.41, 5.74) is 0.428. The predicted octanol–water partition coefficient (Wildman–Crippen LogP) is 1.93. The number of anilines is 1. The number of nitrogens with one attached hydrogen (secondary N) is 1. The van der Waals surface area contributed by atoms with Crippen molar-refractivity contribution in [3.05, 3.63) is 36.4 Å². The van der Waals surface area contributed by atoms with Crippen LogP contribution in [0, 0.1) is 5.92 Å². The Kier molecular flexibility index (Phi) is 7.05. The summed E-state index contributed by atoms with van der Waals surface area (Å²) in [5, 5.41) is 2.64. The summed E-state index contributed by atoms with van der Waals surface area (Å²) in [6, 6.07) is 5.93. The van der Waals surface area contributed by atoms with Crippen molar-refractivity contribution >= 4 is 27.6 Å². The molecule has 1 heterocycles. The van der Waals surface area contributed by atoms with E-state index in [1.54, 1.807) is 0 Å². The number of carbonyl (C=O) groups is 2. The first-order chi connectivity index (χ1) is 13.9. The lowest BCUT2D eigenvalue weighted by molar-refractivity contribution is -0.153. The normalized spacial score (nSPS) is 20.9. The summed E-state index contributed by atoms with van der Waals surface area (Å²) >= 11 is 0. The van der Waals surface area contributed by atoms with Gasteiger partial charge < -0.3 is 14.8 Å². The van der Waals surface area contributed by atoms with Crippen LogP contribution in [-0.2, 0) is 29.1 Å². The maximum Gasteiger partial charge on any atom is 0.307 e. The van der Waals surface area contributed by atoms with E-state index in [0.29, 0.717) is 32.0 Å². The van der Waals surface area contributed by atoms with Crippen molar-refractivity contribution in [2.24, 2.45) is 5.92 Å². The molecule has 2 unspecified atom stereocenters. The zero-order chi connectivity index (χ0) is 20.9. The van der Waals surface area contributed by atoms with E-state index in [-0.39, 0.29) is 17.2 Å². The summed E-state index contributed by atoms with van der Waals surface area (Å²) in [7, 11) is -3.59. The second kappa shape index (κ2) is 9.51. The Balaban J connectivity index is 1.53. The number of allylic oxidation sites excluding steroid dienone is 2. The Morgan fingerprint density at radius 1 is 1.24 bits per heavy atom.